The summed E-state index contributed by atoms with van der Waals surface area (Å²) in [6.07, 6.45) is 4.73. The van der Waals surface area contributed by atoms with Gasteiger partial charge in [0.25, 0.3) is 5.91 Å². The third-order valence-corrected chi connectivity index (χ3v) is 3.66. The second-order valence-electron chi connectivity index (χ2n) is 5.26. The van der Waals surface area contributed by atoms with E-state index in [1.165, 1.54) is 6.33 Å². The molecule has 1 N–H and O–H groups in total. The second-order valence-corrected chi connectivity index (χ2v) is 5.26. The number of rotatable bonds is 3. The lowest BCUT2D eigenvalue weighted by Gasteiger charge is -2.07. The Hall–Kier alpha value is -3.54. The number of nitrogens with one attached hydrogen (secondary N) is 1. The van der Waals surface area contributed by atoms with Gasteiger partial charge in [0.1, 0.15) is 12.7 Å². The Bertz CT molecular complexity index is 994. The highest BCUT2D eigenvalue weighted by molar-refractivity contribution is 6.05. The van der Waals surface area contributed by atoms with E-state index in [2.05, 4.69) is 20.4 Å². The molecule has 6 heteroatoms. The zero-order chi connectivity index (χ0) is 16.4. The van der Waals surface area contributed by atoms with Gasteiger partial charge in [-0.2, -0.15) is 5.10 Å². The molecule has 2 aromatic heterocycles. The Morgan fingerprint density at radius 2 is 1.88 bits per heavy atom. The van der Waals surface area contributed by atoms with Crippen molar-refractivity contribution in [3.63, 3.8) is 0 Å². The van der Waals surface area contributed by atoms with Crippen LogP contribution in [0.4, 0.5) is 5.69 Å². The van der Waals surface area contributed by atoms with Crippen LogP contribution in [0.5, 0.6) is 0 Å². The summed E-state index contributed by atoms with van der Waals surface area (Å²) in [4.78, 5) is 20.6. The van der Waals surface area contributed by atoms with Gasteiger partial charge in [0, 0.05) is 10.9 Å². The first kappa shape index (κ1) is 14.1. The number of hydrogen-bond acceptors (Lipinski definition) is 4. The van der Waals surface area contributed by atoms with Gasteiger partial charge in [0.05, 0.1) is 23.1 Å². The highest BCUT2D eigenvalue weighted by Gasteiger charge is 2.07. The van der Waals surface area contributed by atoms with Crippen molar-refractivity contribution >= 4 is 22.5 Å². The van der Waals surface area contributed by atoms with Crippen LogP contribution in [-0.4, -0.2) is 25.7 Å². The largest absolute Gasteiger partial charge is 0.321 e. The predicted molar refractivity (Wildman–Crippen MR) is 91.1 cm³/mol. The van der Waals surface area contributed by atoms with Crippen LogP contribution in [0.3, 0.4) is 0 Å². The molecule has 0 saturated carbocycles. The Balaban J connectivity index is 1.54. The first-order valence-electron chi connectivity index (χ1n) is 7.41. The summed E-state index contributed by atoms with van der Waals surface area (Å²) in [5.41, 5.74) is 2.97. The van der Waals surface area contributed by atoms with Crippen molar-refractivity contribution in [2.45, 2.75) is 0 Å². The smallest absolute Gasteiger partial charge is 0.255 e. The molecular formula is C18H13N5O. The predicted octanol–water partition coefficient (Wildman–Crippen LogP) is 3.07. The number of aromatic nitrogens is 4. The lowest BCUT2D eigenvalue weighted by atomic mass is 10.2. The molecule has 4 rings (SSSR count). The molecule has 0 spiro atoms. The van der Waals surface area contributed by atoms with Gasteiger partial charge in [0.15, 0.2) is 0 Å². The molecule has 116 valence electrons. The van der Waals surface area contributed by atoms with Crippen LogP contribution < -0.4 is 5.32 Å². The molecule has 0 fully saturated rings. The Morgan fingerprint density at radius 3 is 2.67 bits per heavy atom. The number of amides is 1. The average Bonchev–Trinajstić information content (AvgIpc) is 3.16. The van der Waals surface area contributed by atoms with E-state index in [0.29, 0.717) is 11.3 Å². The topological polar surface area (TPSA) is 72.7 Å². The van der Waals surface area contributed by atoms with Crippen LogP contribution >= 0.6 is 0 Å². The lowest BCUT2D eigenvalue weighted by molar-refractivity contribution is 0.102. The molecule has 24 heavy (non-hydrogen) atoms. The summed E-state index contributed by atoms with van der Waals surface area (Å²) in [6, 6.07) is 16.8. The van der Waals surface area contributed by atoms with Gasteiger partial charge in [-0.3, -0.25) is 9.78 Å². The van der Waals surface area contributed by atoms with E-state index >= 15 is 0 Å². The molecule has 4 aromatic rings. The number of carbonyl (C=O) groups excluding carboxylic acids is 1. The van der Waals surface area contributed by atoms with E-state index in [-0.39, 0.29) is 5.91 Å². The maximum atomic E-state index is 12.4. The molecule has 0 bridgehead atoms. The molecule has 0 aliphatic rings. The Morgan fingerprint density at radius 1 is 1.04 bits per heavy atom. The molecule has 0 aliphatic carbocycles. The fourth-order valence-corrected chi connectivity index (χ4v) is 2.45. The molecular weight excluding hydrogens is 302 g/mol. The van der Waals surface area contributed by atoms with Crippen LogP contribution in [0.15, 0.2) is 73.4 Å². The minimum Gasteiger partial charge on any atom is -0.321 e. The number of anilines is 1. The standard InChI is InChI=1S/C18H13N5O/c24-18(13-5-7-16(8-6-13)23-12-19-11-21-23)22-15-9-14-3-1-2-4-17(14)20-10-15/h1-12H,(H,22,24). The van der Waals surface area contributed by atoms with E-state index < -0.39 is 0 Å². The molecule has 1 amide bonds. The highest BCUT2D eigenvalue weighted by Crippen LogP contribution is 2.17. The van der Waals surface area contributed by atoms with Gasteiger partial charge in [0.2, 0.25) is 0 Å². The fourth-order valence-electron chi connectivity index (χ4n) is 2.45. The van der Waals surface area contributed by atoms with Crippen LogP contribution in [0.2, 0.25) is 0 Å². The average molecular weight is 315 g/mol. The maximum Gasteiger partial charge on any atom is 0.255 e. The van der Waals surface area contributed by atoms with Crippen molar-refractivity contribution in [2.75, 3.05) is 5.32 Å². The maximum absolute atomic E-state index is 12.4. The number of para-hydroxylation sites is 1. The van der Waals surface area contributed by atoms with E-state index in [0.717, 1.165) is 16.6 Å². The SMILES string of the molecule is O=C(Nc1cnc2ccccc2c1)c1ccc(-n2cncn2)cc1. The summed E-state index contributed by atoms with van der Waals surface area (Å²) in [7, 11) is 0. The number of nitrogens with zero attached hydrogens (tertiary/aromatic N) is 4. The van der Waals surface area contributed by atoms with Crippen molar-refractivity contribution in [2.24, 2.45) is 0 Å². The normalized spacial score (nSPS) is 10.7. The van der Waals surface area contributed by atoms with E-state index in [1.807, 2.05) is 42.5 Å². The van der Waals surface area contributed by atoms with Crippen molar-refractivity contribution < 1.29 is 4.79 Å². The van der Waals surface area contributed by atoms with Crippen LogP contribution in [-0.2, 0) is 0 Å². The van der Waals surface area contributed by atoms with Crippen molar-refractivity contribution in [1.82, 2.24) is 19.7 Å². The van der Waals surface area contributed by atoms with E-state index in [1.54, 1.807) is 29.3 Å². The molecule has 0 aliphatic heterocycles. The molecule has 0 atom stereocenters. The molecule has 2 aromatic carbocycles. The summed E-state index contributed by atoms with van der Waals surface area (Å²) in [5, 5.41) is 7.91. The quantitative estimate of drug-likeness (QED) is 0.630. The molecule has 0 saturated heterocycles. The van der Waals surface area contributed by atoms with Crippen LogP contribution in [0.1, 0.15) is 10.4 Å². The molecule has 0 radical (unpaired) electrons. The number of hydrogen-bond donors (Lipinski definition) is 1. The summed E-state index contributed by atoms with van der Waals surface area (Å²) < 4.78 is 1.63. The monoisotopic (exact) mass is 315 g/mol. The first-order valence-corrected chi connectivity index (χ1v) is 7.41. The van der Waals surface area contributed by atoms with E-state index in [9.17, 15) is 4.79 Å². The van der Waals surface area contributed by atoms with Crippen molar-refractivity contribution in [3.05, 3.63) is 79.0 Å². The number of fused-ring (bicyclic) bond motifs is 1. The fraction of sp³-hybridized carbons (Fsp3) is 0. The van der Waals surface area contributed by atoms with Gasteiger partial charge in [-0.15, -0.1) is 0 Å². The van der Waals surface area contributed by atoms with Crippen molar-refractivity contribution in [3.8, 4) is 5.69 Å². The number of benzene rings is 2. The van der Waals surface area contributed by atoms with Gasteiger partial charge in [-0.1, -0.05) is 18.2 Å². The molecule has 2 heterocycles. The van der Waals surface area contributed by atoms with Gasteiger partial charge >= 0.3 is 0 Å². The summed E-state index contributed by atoms with van der Waals surface area (Å²) >= 11 is 0. The third-order valence-electron chi connectivity index (χ3n) is 3.66. The Kier molecular flexibility index (Phi) is 3.47. The van der Waals surface area contributed by atoms with Gasteiger partial charge in [-0.05, 0) is 36.4 Å². The highest BCUT2D eigenvalue weighted by atomic mass is 16.1. The van der Waals surface area contributed by atoms with Gasteiger partial charge < -0.3 is 5.32 Å². The number of carbonyl (C=O) groups is 1. The van der Waals surface area contributed by atoms with Crippen molar-refractivity contribution in [1.29, 1.82) is 0 Å². The third kappa shape index (κ3) is 2.72. The van der Waals surface area contributed by atoms with E-state index in [4.69, 9.17) is 0 Å². The second kappa shape index (κ2) is 5.92. The molecule has 0 unspecified atom stereocenters. The zero-order valence-electron chi connectivity index (χ0n) is 12.6. The summed E-state index contributed by atoms with van der Waals surface area (Å²) in [5.74, 6) is -0.183. The lowest BCUT2D eigenvalue weighted by Crippen LogP contribution is -2.12. The minimum absolute atomic E-state index is 0.183. The van der Waals surface area contributed by atoms with Crippen LogP contribution in [0.25, 0.3) is 16.6 Å². The summed E-state index contributed by atoms with van der Waals surface area (Å²) in [6.45, 7) is 0. The zero-order valence-corrected chi connectivity index (χ0v) is 12.6. The first-order chi connectivity index (χ1) is 11.8. The Labute approximate surface area is 137 Å². The molecule has 6 nitrogen and oxygen atoms in total. The number of pyridine rings is 1. The van der Waals surface area contributed by atoms with Crippen LogP contribution in [0, 0.1) is 0 Å². The van der Waals surface area contributed by atoms with Gasteiger partial charge in [-0.25, -0.2) is 9.67 Å². The minimum atomic E-state index is -0.183.